The maximum atomic E-state index is 2.17. The van der Waals surface area contributed by atoms with E-state index in [-0.39, 0.29) is 18.9 Å². The third-order valence-corrected chi connectivity index (χ3v) is 1.44. The molecule has 0 atom stereocenters. The fraction of sp³-hybridized carbons (Fsp3) is 0.286. The molecular formula is C7H11BLiN. The molecule has 1 nitrogen and oxygen atoms in total. The normalized spacial score (nSPS) is 8.20. The summed E-state index contributed by atoms with van der Waals surface area (Å²) in [6.45, 7) is 0.495. The Hall–Kier alpha value is -0.188. The largest absolute Gasteiger partial charge is 1.00 e. The molecule has 1 aromatic heterocycles. The van der Waals surface area contributed by atoms with E-state index in [0.717, 1.165) is 0 Å². The Balaban J connectivity index is 0.000000810. The summed E-state index contributed by atoms with van der Waals surface area (Å²) in [5.74, 6) is 4.33. The maximum absolute atomic E-state index is 2.17. The average Bonchev–Trinajstić information content (AvgIpc) is 1.90. The fourth-order valence-corrected chi connectivity index (χ4v) is 0.829. The van der Waals surface area contributed by atoms with Gasteiger partial charge in [0.05, 0.1) is 0 Å². The first-order valence-corrected chi connectivity index (χ1v) is 3.15. The Morgan fingerprint density at radius 1 is 1.00 bits per heavy atom. The summed E-state index contributed by atoms with van der Waals surface area (Å²) in [6.07, 6.45) is 0. The molecule has 1 heterocycles. The predicted molar refractivity (Wildman–Crippen MR) is 42.5 cm³/mol. The summed E-state index contributed by atoms with van der Waals surface area (Å²) in [7, 11) is 4.15. The van der Waals surface area contributed by atoms with Crippen molar-refractivity contribution in [3.05, 3.63) is 30.1 Å². The van der Waals surface area contributed by atoms with E-state index in [1.807, 2.05) is 6.07 Å². The molecule has 48 valence electrons. The second kappa shape index (κ2) is 4.60. The van der Waals surface area contributed by atoms with E-state index < -0.39 is 0 Å². The van der Waals surface area contributed by atoms with E-state index >= 15 is 0 Å². The molecule has 0 aliphatic rings. The molecule has 1 rings (SSSR count). The smallest absolute Gasteiger partial charge is 0.588 e. The molecule has 0 radical (unpaired) electrons. The number of nitrogens with zero attached hydrogens (tertiary/aromatic N) is 1. The first-order valence-electron chi connectivity index (χ1n) is 3.15. The van der Waals surface area contributed by atoms with Gasteiger partial charge in [-0.1, -0.05) is 6.07 Å². The van der Waals surface area contributed by atoms with Crippen molar-refractivity contribution in [2.75, 3.05) is 18.9 Å². The fourth-order valence-electron chi connectivity index (χ4n) is 0.829. The summed E-state index contributed by atoms with van der Waals surface area (Å²) < 4.78 is 0. The molecule has 10 heavy (non-hydrogen) atoms. The van der Waals surface area contributed by atoms with Gasteiger partial charge in [-0.2, -0.15) is 0 Å². The Bertz CT molecular complexity index is 176. The molecule has 0 saturated heterocycles. The molecular weight excluding hydrogens is 116 g/mol. The van der Waals surface area contributed by atoms with Crippen molar-refractivity contribution in [2.45, 2.75) is 0 Å². The van der Waals surface area contributed by atoms with E-state index in [0.29, 0.717) is 6.48 Å². The third kappa shape index (κ3) is 2.60. The van der Waals surface area contributed by atoms with E-state index in [1.165, 1.54) is 0 Å². The molecule has 1 aromatic rings. The number of hydrogen-bond acceptors (Lipinski definition) is 1. The minimum Gasteiger partial charge on any atom is -0.588 e. The standard InChI is InChI=1S/C7H11BN.Li/c1-9(2)8-6-4-3-5-7-8;/h3-7H,1-2H3;/q-1;+1. The van der Waals surface area contributed by atoms with Gasteiger partial charge in [-0.05, 0) is 20.6 Å². The average molecular weight is 127 g/mol. The van der Waals surface area contributed by atoms with Gasteiger partial charge >= 0.3 is 18.9 Å². The Kier molecular flexibility index (Phi) is 4.51. The molecule has 0 aliphatic carbocycles. The van der Waals surface area contributed by atoms with Crippen molar-refractivity contribution in [2.24, 2.45) is 0 Å². The summed E-state index contributed by atoms with van der Waals surface area (Å²) in [6, 6.07) is 6.19. The third-order valence-electron chi connectivity index (χ3n) is 1.44. The zero-order chi connectivity index (χ0) is 6.69. The zero-order valence-electron chi connectivity index (χ0n) is 6.91. The van der Waals surface area contributed by atoms with Crippen molar-refractivity contribution in [3.63, 3.8) is 0 Å². The second-order valence-corrected chi connectivity index (χ2v) is 2.42. The Labute approximate surface area is 74.7 Å². The molecule has 0 unspecified atom stereocenters. The summed E-state index contributed by atoms with van der Waals surface area (Å²) in [5.41, 5.74) is 0. The minimum absolute atomic E-state index is 0. The van der Waals surface area contributed by atoms with Crippen LogP contribution >= 0.6 is 0 Å². The first-order chi connectivity index (χ1) is 4.30. The molecule has 0 amide bonds. The van der Waals surface area contributed by atoms with Crippen LogP contribution in [0.2, 0.25) is 0 Å². The maximum Gasteiger partial charge on any atom is 1.00 e. The quantitative estimate of drug-likeness (QED) is 0.391. The topological polar surface area (TPSA) is 3.24 Å². The minimum atomic E-state index is 0. The molecule has 0 aliphatic heterocycles. The molecule has 0 aromatic carbocycles. The zero-order valence-corrected chi connectivity index (χ0v) is 6.91. The monoisotopic (exact) mass is 127 g/mol. The van der Waals surface area contributed by atoms with Crippen molar-refractivity contribution in [1.29, 1.82) is 0 Å². The van der Waals surface area contributed by atoms with Gasteiger partial charge in [0.15, 0.2) is 0 Å². The van der Waals surface area contributed by atoms with Crippen LogP contribution in [0.4, 0.5) is 0 Å². The van der Waals surface area contributed by atoms with E-state index in [1.54, 1.807) is 0 Å². The summed E-state index contributed by atoms with van der Waals surface area (Å²) in [5, 5.41) is 0. The van der Waals surface area contributed by atoms with Crippen LogP contribution in [0.1, 0.15) is 0 Å². The van der Waals surface area contributed by atoms with Gasteiger partial charge in [-0.15, -0.1) is 12.1 Å². The van der Waals surface area contributed by atoms with Gasteiger partial charge in [0.1, 0.15) is 0 Å². The van der Waals surface area contributed by atoms with Gasteiger partial charge in [0.25, 0.3) is 0 Å². The van der Waals surface area contributed by atoms with Crippen LogP contribution in [-0.4, -0.2) is 20.6 Å². The van der Waals surface area contributed by atoms with Crippen LogP contribution < -0.4 is 23.7 Å². The van der Waals surface area contributed by atoms with Crippen LogP contribution in [-0.2, 0) is 0 Å². The van der Waals surface area contributed by atoms with E-state index in [2.05, 4.69) is 43.0 Å². The Morgan fingerprint density at radius 2 is 1.50 bits per heavy atom. The molecule has 0 spiro atoms. The van der Waals surface area contributed by atoms with Crippen LogP contribution in [0, 0.1) is 0 Å². The molecule has 0 N–H and O–H groups in total. The van der Waals surface area contributed by atoms with Crippen LogP contribution in [0.5, 0.6) is 0 Å². The van der Waals surface area contributed by atoms with Gasteiger partial charge in [0.2, 0.25) is 0 Å². The van der Waals surface area contributed by atoms with Crippen molar-refractivity contribution in [1.82, 2.24) is 0 Å². The molecule has 0 saturated carbocycles. The van der Waals surface area contributed by atoms with Crippen molar-refractivity contribution in [3.8, 4) is 0 Å². The molecule has 0 bridgehead atoms. The van der Waals surface area contributed by atoms with Crippen LogP contribution in [0.3, 0.4) is 0 Å². The van der Waals surface area contributed by atoms with E-state index in [4.69, 9.17) is 0 Å². The van der Waals surface area contributed by atoms with Crippen molar-refractivity contribution < 1.29 is 18.9 Å². The molecule has 3 heteroatoms. The van der Waals surface area contributed by atoms with Gasteiger partial charge in [0, 0.05) is 0 Å². The summed E-state index contributed by atoms with van der Waals surface area (Å²) >= 11 is 0. The number of hydrogen-bond donors (Lipinski definition) is 0. The predicted octanol–water partition coefficient (Wildman–Crippen LogP) is -2.09. The molecule has 0 fully saturated rings. The summed E-state index contributed by atoms with van der Waals surface area (Å²) in [4.78, 5) is 2.17. The van der Waals surface area contributed by atoms with Crippen LogP contribution in [0.25, 0.3) is 0 Å². The van der Waals surface area contributed by atoms with Gasteiger partial charge < -0.3 is 4.81 Å². The van der Waals surface area contributed by atoms with Crippen LogP contribution in [0.15, 0.2) is 30.1 Å². The Morgan fingerprint density at radius 3 is 1.80 bits per heavy atom. The SMILES string of the molecule is CN(C)[b-]1ccccc1.[Li+]. The number of rotatable bonds is 1. The van der Waals surface area contributed by atoms with Crippen molar-refractivity contribution >= 4 is 6.48 Å². The van der Waals surface area contributed by atoms with E-state index in [9.17, 15) is 0 Å². The van der Waals surface area contributed by atoms with Gasteiger partial charge in [-0.25, -0.2) is 11.9 Å². The van der Waals surface area contributed by atoms with Gasteiger partial charge in [-0.3, -0.25) is 0 Å². The first kappa shape index (κ1) is 9.81. The second-order valence-electron chi connectivity index (χ2n) is 2.42.